The van der Waals surface area contributed by atoms with Crippen molar-refractivity contribution in [1.29, 1.82) is 0 Å². The number of carbonyl (C=O) groups is 1. The maximum Gasteiger partial charge on any atom is 0.331 e. The molecule has 33 heavy (non-hydrogen) atoms. The third-order valence-corrected chi connectivity index (χ3v) is 5.70. The van der Waals surface area contributed by atoms with E-state index in [9.17, 15) is 4.79 Å². The van der Waals surface area contributed by atoms with Crippen LogP contribution >= 0.6 is 0 Å². The molecule has 170 valence electrons. The van der Waals surface area contributed by atoms with Crippen LogP contribution in [-0.2, 0) is 18.4 Å². The van der Waals surface area contributed by atoms with E-state index in [-0.39, 0.29) is 11.4 Å². The van der Waals surface area contributed by atoms with Crippen molar-refractivity contribution in [2.75, 3.05) is 5.32 Å². The molecule has 1 atom stereocenters. The van der Waals surface area contributed by atoms with Crippen molar-refractivity contribution in [3.8, 4) is 11.6 Å². The second kappa shape index (κ2) is 8.00. The van der Waals surface area contributed by atoms with Gasteiger partial charge in [0.05, 0.1) is 11.2 Å². The molecule has 3 aromatic heterocycles. The van der Waals surface area contributed by atoms with Gasteiger partial charge in [0, 0.05) is 41.2 Å². The number of hydrogen-bond acceptors (Lipinski definition) is 7. The predicted octanol–water partition coefficient (Wildman–Crippen LogP) is 4.62. The highest BCUT2D eigenvalue weighted by atomic mass is 16.5. The van der Waals surface area contributed by atoms with Gasteiger partial charge in [0.15, 0.2) is 5.82 Å². The van der Waals surface area contributed by atoms with Crippen LogP contribution < -0.4 is 15.4 Å². The second-order valence-corrected chi connectivity index (χ2v) is 9.36. The molecule has 0 saturated carbocycles. The molecule has 9 heteroatoms. The molecule has 4 aromatic rings. The number of carbonyl (C=O) groups excluding carboxylic acids is 1. The van der Waals surface area contributed by atoms with Crippen LogP contribution in [0.5, 0.6) is 11.6 Å². The van der Waals surface area contributed by atoms with E-state index in [1.807, 2.05) is 45.0 Å². The van der Waals surface area contributed by atoms with Crippen molar-refractivity contribution in [2.24, 2.45) is 0 Å². The molecule has 0 radical (unpaired) electrons. The van der Waals surface area contributed by atoms with Crippen LogP contribution in [0.4, 0.5) is 10.6 Å². The zero-order valence-corrected chi connectivity index (χ0v) is 19.0. The SMILES string of the molecule is CC1Cc2c(ncnc2Oc2ccc3c(ccn3C(=O)Nc3cc(C(C)(C)C)on3)c2)CN1. The Balaban J connectivity index is 1.36. The Kier molecular flexibility index (Phi) is 5.13. The lowest BCUT2D eigenvalue weighted by molar-refractivity contribution is 0.254. The molecule has 1 unspecified atom stereocenters. The maximum atomic E-state index is 12.8. The Morgan fingerprint density at radius 3 is 2.88 bits per heavy atom. The summed E-state index contributed by atoms with van der Waals surface area (Å²) in [5.41, 5.74) is 2.55. The van der Waals surface area contributed by atoms with Crippen molar-refractivity contribution in [2.45, 2.75) is 52.1 Å². The normalized spacial score (nSPS) is 15.9. The van der Waals surface area contributed by atoms with Crippen molar-refractivity contribution >= 4 is 22.8 Å². The zero-order chi connectivity index (χ0) is 23.2. The van der Waals surface area contributed by atoms with Crippen LogP contribution in [0.1, 0.15) is 44.7 Å². The highest BCUT2D eigenvalue weighted by Gasteiger charge is 2.22. The molecule has 0 saturated heterocycles. The second-order valence-electron chi connectivity index (χ2n) is 9.36. The van der Waals surface area contributed by atoms with Gasteiger partial charge >= 0.3 is 6.03 Å². The standard InChI is InChI=1S/C24H26N6O3/c1-14-9-17-18(12-25-14)26-13-27-22(17)32-16-5-6-19-15(10-16)7-8-30(19)23(31)28-21-11-20(33-29-21)24(2,3)4/h5-8,10-11,13-14,25H,9,12H2,1-4H3,(H,28,29,31). The highest BCUT2D eigenvalue weighted by molar-refractivity contribution is 5.98. The molecular formula is C24H26N6O3. The van der Waals surface area contributed by atoms with Gasteiger partial charge in [-0.1, -0.05) is 25.9 Å². The first-order chi connectivity index (χ1) is 15.8. The van der Waals surface area contributed by atoms with E-state index in [2.05, 4.69) is 32.7 Å². The first kappa shape index (κ1) is 21.1. The van der Waals surface area contributed by atoms with E-state index >= 15 is 0 Å². The number of anilines is 1. The Morgan fingerprint density at radius 1 is 1.24 bits per heavy atom. The molecule has 0 aliphatic carbocycles. The number of ether oxygens (including phenoxy) is 1. The molecule has 5 rings (SSSR count). The number of hydrogen-bond donors (Lipinski definition) is 2. The summed E-state index contributed by atoms with van der Waals surface area (Å²) < 4.78 is 13.0. The van der Waals surface area contributed by atoms with Crippen LogP contribution in [0.25, 0.3) is 10.9 Å². The molecule has 1 aliphatic rings. The smallest absolute Gasteiger partial charge is 0.331 e. The van der Waals surface area contributed by atoms with Crippen LogP contribution in [0, 0.1) is 0 Å². The summed E-state index contributed by atoms with van der Waals surface area (Å²) in [7, 11) is 0. The van der Waals surface area contributed by atoms with Crippen molar-refractivity contribution in [3.63, 3.8) is 0 Å². The summed E-state index contributed by atoms with van der Waals surface area (Å²) in [6.07, 6.45) is 4.05. The first-order valence-electron chi connectivity index (χ1n) is 10.9. The van der Waals surface area contributed by atoms with Crippen molar-refractivity contribution in [3.05, 3.63) is 59.9 Å². The number of aromatic nitrogens is 4. The lowest BCUT2D eigenvalue weighted by Crippen LogP contribution is -2.33. The Bertz CT molecular complexity index is 1330. The largest absolute Gasteiger partial charge is 0.439 e. The third kappa shape index (κ3) is 4.19. The molecule has 2 N–H and O–H groups in total. The monoisotopic (exact) mass is 446 g/mol. The fourth-order valence-corrected chi connectivity index (χ4v) is 3.86. The quantitative estimate of drug-likeness (QED) is 0.473. The molecule has 4 heterocycles. The van der Waals surface area contributed by atoms with E-state index in [0.717, 1.165) is 28.6 Å². The van der Waals surface area contributed by atoms with E-state index in [4.69, 9.17) is 9.26 Å². The molecular weight excluding hydrogens is 420 g/mol. The minimum Gasteiger partial charge on any atom is -0.439 e. The van der Waals surface area contributed by atoms with Gasteiger partial charge in [-0.25, -0.2) is 14.8 Å². The van der Waals surface area contributed by atoms with Gasteiger partial charge in [-0.3, -0.25) is 9.88 Å². The van der Waals surface area contributed by atoms with Gasteiger partial charge in [-0.05, 0) is 37.6 Å². The minimum absolute atomic E-state index is 0.190. The zero-order valence-electron chi connectivity index (χ0n) is 19.0. The fraction of sp³-hybridized carbons (Fsp3) is 0.333. The van der Waals surface area contributed by atoms with E-state index in [1.165, 1.54) is 10.9 Å². The van der Waals surface area contributed by atoms with Gasteiger partial charge in [0.2, 0.25) is 5.88 Å². The number of rotatable bonds is 3. The average molecular weight is 447 g/mol. The summed E-state index contributed by atoms with van der Waals surface area (Å²) >= 11 is 0. The first-order valence-corrected chi connectivity index (χ1v) is 10.9. The summed E-state index contributed by atoms with van der Waals surface area (Å²) in [5, 5.41) is 11.0. The van der Waals surface area contributed by atoms with Gasteiger partial charge in [0.25, 0.3) is 0 Å². The fourth-order valence-electron chi connectivity index (χ4n) is 3.86. The predicted molar refractivity (Wildman–Crippen MR) is 124 cm³/mol. The third-order valence-electron chi connectivity index (χ3n) is 5.70. The van der Waals surface area contributed by atoms with Crippen LogP contribution in [-0.4, -0.2) is 31.8 Å². The number of benzene rings is 1. The number of nitrogens with one attached hydrogen (secondary N) is 2. The topological polar surface area (TPSA) is 107 Å². The Morgan fingerprint density at radius 2 is 2.09 bits per heavy atom. The van der Waals surface area contributed by atoms with E-state index in [0.29, 0.717) is 35.8 Å². The average Bonchev–Trinajstić information content (AvgIpc) is 3.41. The minimum atomic E-state index is -0.321. The Hall–Kier alpha value is -3.72. The summed E-state index contributed by atoms with van der Waals surface area (Å²) in [6, 6.07) is 9.21. The summed E-state index contributed by atoms with van der Waals surface area (Å²) in [6.45, 7) is 8.89. The summed E-state index contributed by atoms with van der Waals surface area (Å²) in [5.74, 6) is 2.31. The van der Waals surface area contributed by atoms with E-state index < -0.39 is 0 Å². The molecule has 0 bridgehead atoms. The van der Waals surface area contributed by atoms with E-state index in [1.54, 1.807) is 12.3 Å². The van der Waals surface area contributed by atoms with Gasteiger partial charge in [-0.2, -0.15) is 0 Å². The van der Waals surface area contributed by atoms with Crippen LogP contribution in [0.2, 0.25) is 0 Å². The molecule has 0 fully saturated rings. The molecule has 1 aliphatic heterocycles. The Labute approximate surface area is 191 Å². The molecule has 0 spiro atoms. The van der Waals surface area contributed by atoms with Crippen LogP contribution in [0.3, 0.4) is 0 Å². The van der Waals surface area contributed by atoms with Gasteiger partial charge in [-0.15, -0.1) is 0 Å². The highest BCUT2D eigenvalue weighted by Crippen LogP contribution is 2.30. The van der Waals surface area contributed by atoms with Crippen molar-refractivity contribution < 1.29 is 14.1 Å². The van der Waals surface area contributed by atoms with Crippen LogP contribution in [0.15, 0.2) is 47.4 Å². The number of nitrogens with zero attached hydrogens (tertiary/aromatic N) is 4. The van der Waals surface area contributed by atoms with Gasteiger partial charge in [0.1, 0.15) is 17.8 Å². The maximum absolute atomic E-state index is 12.8. The number of fused-ring (bicyclic) bond motifs is 2. The molecule has 9 nitrogen and oxygen atoms in total. The molecule has 1 aromatic carbocycles. The molecule has 1 amide bonds. The lowest BCUT2D eigenvalue weighted by atomic mass is 9.93. The lowest BCUT2D eigenvalue weighted by Gasteiger charge is -2.23. The summed E-state index contributed by atoms with van der Waals surface area (Å²) in [4.78, 5) is 21.6. The van der Waals surface area contributed by atoms with Gasteiger partial charge < -0.3 is 14.6 Å². The van der Waals surface area contributed by atoms with Crippen molar-refractivity contribution in [1.82, 2.24) is 25.0 Å². The number of amides is 1.